The normalized spacial score (nSPS) is 18.3. The molecular formula is C19H22BrNO2. The first-order chi connectivity index (χ1) is 11.3. The Morgan fingerprint density at radius 1 is 1.13 bits per heavy atom. The third kappa shape index (κ3) is 4.34. The second-order valence-electron chi connectivity index (χ2n) is 5.89. The first-order valence-electron chi connectivity index (χ1n) is 7.95. The van der Waals surface area contributed by atoms with E-state index in [2.05, 4.69) is 45.1 Å². The van der Waals surface area contributed by atoms with Gasteiger partial charge < -0.3 is 9.47 Å². The lowest BCUT2D eigenvalue weighted by atomic mass is 10.2. The number of likely N-dealkylation sites (tertiary alicyclic amines) is 1. The van der Waals surface area contributed by atoms with Gasteiger partial charge in [-0.25, -0.2) is 0 Å². The second-order valence-corrected chi connectivity index (χ2v) is 6.68. The van der Waals surface area contributed by atoms with Crippen LogP contribution in [0.1, 0.15) is 17.5 Å². The van der Waals surface area contributed by atoms with Crippen molar-refractivity contribution in [2.45, 2.75) is 25.7 Å². The molecule has 4 heteroatoms. The van der Waals surface area contributed by atoms with E-state index in [9.17, 15) is 0 Å². The Morgan fingerprint density at radius 2 is 1.96 bits per heavy atom. The van der Waals surface area contributed by atoms with Crippen LogP contribution in [0, 0.1) is 0 Å². The van der Waals surface area contributed by atoms with Crippen molar-refractivity contribution in [1.82, 2.24) is 4.90 Å². The van der Waals surface area contributed by atoms with Gasteiger partial charge in [0.2, 0.25) is 0 Å². The molecule has 1 fully saturated rings. The van der Waals surface area contributed by atoms with Crippen molar-refractivity contribution >= 4 is 15.9 Å². The van der Waals surface area contributed by atoms with Crippen LogP contribution in [-0.4, -0.2) is 31.2 Å². The van der Waals surface area contributed by atoms with Crippen LogP contribution < -0.4 is 4.74 Å². The maximum Gasteiger partial charge on any atom is 0.134 e. The van der Waals surface area contributed by atoms with Gasteiger partial charge in [-0.15, -0.1) is 0 Å². The van der Waals surface area contributed by atoms with Gasteiger partial charge in [0.05, 0.1) is 10.6 Å². The summed E-state index contributed by atoms with van der Waals surface area (Å²) in [4.78, 5) is 2.43. The van der Waals surface area contributed by atoms with E-state index < -0.39 is 0 Å². The lowest BCUT2D eigenvalue weighted by Gasteiger charge is -2.18. The summed E-state index contributed by atoms with van der Waals surface area (Å²) in [6.45, 7) is 3.58. The number of ether oxygens (including phenoxy) is 2. The highest BCUT2D eigenvalue weighted by atomic mass is 79.9. The van der Waals surface area contributed by atoms with Crippen LogP contribution in [0.2, 0.25) is 0 Å². The van der Waals surface area contributed by atoms with Crippen LogP contribution in [0.5, 0.6) is 5.75 Å². The quantitative estimate of drug-likeness (QED) is 0.753. The molecule has 0 spiro atoms. The van der Waals surface area contributed by atoms with Gasteiger partial charge in [-0.1, -0.05) is 42.5 Å². The van der Waals surface area contributed by atoms with Crippen molar-refractivity contribution in [3.05, 3.63) is 64.1 Å². The van der Waals surface area contributed by atoms with Gasteiger partial charge in [-0.05, 0) is 39.5 Å². The summed E-state index contributed by atoms with van der Waals surface area (Å²) in [6, 6.07) is 16.5. The van der Waals surface area contributed by atoms with Crippen molar-refractivity contribution in [3.8, 4) is 5.75 Å². The SMILES string of the molecule is CO[C@H]1CCN(Cc2cccc(OCc3ccccc3)c2Br)C1. The Hall–Kier alpha value is -1.36. The number of benzene rings is 2. The van der Waals surface area contributed by atoms with E-state index in [-0.39, 0.29) is 0 Å². The van der Waals surface area contributed by atoms with Crippen molar-refractivity contribution in [2.24, 2.45) is 0 Å². The fourth-order valence-corrected chi connectivity index (χ4v) is 3.40. The zero-order chi connectivity index (χ0) is 16.1. The molecule has 0 unspecified atom stereocenters. The summed E-state index contributed by atoms with van der Waals surface area (Å²) in [5, 5.41) is 0. The number of rotatable bonds is 6. The Balaban J connectivity index is 1.64. The highest BCUT2D eigenvalue weighted by molar-refractivity contribution is 9.10. The molecule has 0 amide bonds. The molecule has 3 nitrogen and oxygen atoms in total. The maximum absolute atomic E-state index is 5.98. The molecule has 0 radical (unpaired) electrons. The molecule has 0 aromatic heterocycles. The van der Waals surface area contributed by atoms with E-state index in [1.807, 2.05) is 24.3 Å². The molecule has 1 atom stereocenters. The van der Waals surface area contributed by atoms with E-state index in [0.717, 1.165) is 36.3 Å². The Labute approximate surface area is 146 Å². The fraction of sp³-hybridized carbons (Fsp3) is 0.368. The summed E-state index contributed by atoms with van der Waals surface area (Å²) in [5.41, 5.74) is 2.43. The summed E-state index contributed by atoms with van der Waals surface area (Å²) >= 11 is 3.71. The third-order valence-corrected chi connectivity index (χ3v) is 5.14. The number of nitrogens with zero attached hydrogens (tertiary/aromatic N) is 1. The molecule has 1 heterocycles. The Morgan fingerprint density at radius 3 is 2.70 bits per heavy atom. The lowest BCUT2D eigenvalue weighted by molar-refractivity contribution is 0.107. The second kappa shape index (κ2) is 7.95. The molecule has 2 aromatic carbocycles. The Bertz CT molecular complexity index is 633. The van der Waals surface area contributed by atoms with E-state index in [1.54, 1.807) is 7.11 Å². The molecule has 1 aliphatic rings. The summed E-state index contributed by atoms with van der Waals surface area (Å²) in [6.07, 6.45) is 1.48. The molecule has 0 aliphatic carbocycles. The van der Waals surface area contributed by atoms with Crippen LogP contribution in [0.3, 0.4) is 0 Å². The molecular weight excluding hydrogens is 354 g/mol. The maximum atomic E-state index is 5.98. The van der Waals surface area contributed by atoms with Gasteiger partial charge in [0.15, 0.2) is 0 Å². The van der Waals surface area contributed by atoms with Crippen LogP contribution in [0.25, 0.3) is 0 Å². The monoisotopic (exact) mass is 375 g/mol. The standard InChI is InChI=1S/C19H22BrNO2/c1-22-17-10-11-21(13-17)12-16-8-5-9-18(19(16)20)23-14-15-6-3-2-4-7-15/h2-9,17H,10-14H2,1H3/t17-/m0/s1. The number of halogens is 1. The van der Waals surface area contributed by atoms with Gasteiger partial charge in [0.25, 0.3) is 0 Å². The van der Waals surface area contributed by atoms with Crippen LogP contribution in [0.15, 0.2) is 53.0 Å². The average Bonchev–Trinajstić information content (AvgIpc) is 3.04. The minimum absolute atomic E-state index is 0.367. The smallest absolute Gasteiger partial charge is 0.134 e. The molecule has 1 saturated heterocycles. The first-order valence-corrected chi connectivity index (χ1v) is 8.75. The zero-order valence-corrected chi connectivity index (χ0v) is 15.0. The predicted octanol–water partition coefficient (Wildman–Crippen LogP) is 4.25. The number of hydrogen-bond donors (Lipinski definition) is 0. The van der Waals surface area contributed by atoms with Crippen LogP contribution in [0.4, 0.5) is 0 Å². The van der Waals surface area contributed by atoms with Gasteiger partial charge in [0, 0.05) is 26.7 Å². The van der Waals surface area contributed by atoms with Crippen molar-refractivity contribution in [1.29, 1.82) is 0 Å². The average molecular weight is 376 g/mol. The largest absolute Gasteiger partial charge is 0.488 e. The highest BCUT2D eigenvalue weighted by Crippen LogP contribution is 2.31. The van der Waals surface area contributed by atoms with Crippen molar-refractivity contribution in [2.75, 3.05) is 20.2 Å². The number of methoxy groups -OCH3 is 1. The molecule has 122 valence electrons. The predicted molar refractivity (Wildman–Crippen MR) is 95.6 cm³/mol. The third-order valence-electron chi connectivity index (χ3n) is 4.24. The van der Waals surface area contributed by atoms with Crippen molar-refractivity contribution < 1.29 is 9.47 Å². The van der Waals surface area contributed by atoms with Crippen molar-refractivity contribution in [3.63, 3.8) is 0 Å². The summed E-state index contributed by atoms with van der Waals surface area (Å²) < 4.78 is 12.5. The van der Waals surface area contributed by atoms with Crippen LogP contribution >= 0.6 is 15.9 Å². The van der Waals surface area contributed by atoms with E-state index in [0.29, 0.717) is 12.7 Å². The number of hydrogen-bond acceptors (Lipinski definition) is 3. The molecule has 0 bridgehead atoms. The highest BCUT2D eigenvalue weighted by Gasteiger charge is 2.22. The zero-order valence-electron chi connectivity index (χ0n) is 13.4. The topological polar surface area (TPSA) is 21.7 Å². The van der Waals surface area contributed by atoms with Crippen LogP contribution in [-0.2, 0) is 17.9 Å². The molecule has 0 saturated carbocycles. The summed E-state index contributed by atoms with van der Waals surface area (Å²) in [7, 11) is 1.79. The van der Waals surface area contributed by atoms with Gasteiger partial charge in [-0.2, -0.15) is 0 Å². The Kier molecular flexibility index (Phi) is 5.70. The molecule has 1 aliphatic heterocycles. The first kappa shape index (κ1) is 16.5. The summed E-state index contributed by atoms with van der Waals surface area (Å²) in [5.74, 6) is 0.897. The fourth-order valence-electron chi connectivity index (χ4n) is 2.90. The van der Waals surface area contributed by atoms with Gasteiger partial charge in [0.1, 0.15) is 12.4 Å². The molecule has 3 rings (SSSR count). The lowest BCUT2D eigenvalue weighted by Crippen LogP contribution is -2.22. The van der Waals surface area contributed by atoms with E-state index >= 15 is 0 Å². The molecule has 23 heavy (non-hydrogen) atoms. The van der Waals surface area contributed by atoms with Gasteiger partial charge in [-0.3, -0.25) is 4.90 Å². The van der Waals surface area contributed by atoms with Gasteiger partial charge >= 0.3 is 0 Å². The minimum Gasteiger partial charge on any atom is -0.488 e. The molecule has 2 aromatic rings. The minimum atomic E-state index is 0.367. The van der Waals surface area contributed by atoms with E-state index in [1.165, 1.54) is 11.1 Å². The molecule has 0 N–H and O–H groups in total. The van der Waals surface area contributed by atoms with E-state index in [4.69, 9.17) is 9.47 Å².